The van der Waals surface area contributed by atoms with Crippen LogP contribution >= 0.6 is 0 Å². The zero-order valence-corrected chi connectivity index (χ0v) is 8.21. The van der Waals surface area contributed by atoms with Crippen LogP contribution in [0.15, 0.2) is 30.7 Å². The van der Waals surface area contributed by atoms with Gasteiger partial charge in [0, 0.05) is 29.7 Å². The van der Waals surface area contributed by atoms with E-state index >= 15 is 0 Å². The summed E-state index contributed by atoms with van der Waals surface area (Å²) in [5.74, 6) is 0.697. The lowest BCUT2D eigenvalue weighted by Crippen LogP contribution is -1.93. The average Bonchev–Trinajstić information content (AvgIpc) is 2.30. The number of hydrogen-bond donors (Lipinski definition) is 0. The number of carbonyl (C=O) groups is 1. The lowest BCUT2D eigenvalue weighted by atomic mass is 10.1. The van der Waals surface area contributed by atoms with Gasteiger partial charge >= 0.3 is 0 Å². The fraction of sp³-hybridized carbons (Fsp3) is 0.0909. The van der Waals surface area contributed by atoms with Gasteiger partial charge in [-0.3, -0.25) is 9.78 Å². The first-order chi connectivity index (χ1) is 7.31. The van der Waals surface area contributed by atoms with Crippen molar-refractivity contribution < 1.29 is 4.79 Å². The number of aldehydes is 1. The van der Waals surface area contributed by atoms with Crippen LogP contribution in [-0.4, -0.2) is 21.2 Å². The van der Waals surface area contributed by atoms with E-state index in [0.29, 0.717) is 17.1 Å². The Kier molecular flexibility index (Phi) is 2.49. The standard InChI is InChI=1S/C11H9N3O/c1-8-13-5-10(6-14-8)11-9(7-15)3-2-4-12-11/h2-7H,1H3. The molecule has 0 atom stereocenters. The Bertz CT molecular complexity index is 479. The second kappa shape index (κ2) is 3.96. The van der Waals surface area contributed by atoms with Crippen molar-refractivity contribution in [2.75, 3.05) is 0 Å². The van der Waals surface area contributed by atoms with Crippen LogP contribution in [0.3, 0.4) is 0 Å². The van der Waals surface area contributed by atoms with Crippen molar-refractivity contribution in [2.45, 2.75) is 6.92 Å². The summed E-state index contributed by atoms with van der Waals surface area (Å²) in [6, 6.07) is 3.44. The van der Waals surface area contributed by atoms with Gasteiger partial charge in [-0.25, -0.2) is 9.97 Å². The third-order valence-electron chi connectivity index (χ3n) is 2.02. The van der Waals surface area contributed by atoms with E-state index in [-0.39, 0.29) is 0 Å². The lowest BCUT2D eigenvalue weighted by molar-refractivity contribution is 0.112. The van der Waals surface area contributed by atoms with Gasteiger partial charge in [0.05, 0.1) is 5.69 Å². The van der Waals surface area contributed by atoms with Crippen LogP contribution in [0.1, 0.15) is 16.2 Å². The first kappa shape index (κ1) is 9.45. The fourth-order valence-corrected chi connectivity index (χ4v) is 1.27. The maximum Gasteiger partial charge on any atom is 0.152 e. The van der Waals surface area contributed by atoms with E-state index in [2.05, 4.69) is 15.0 Å². The first-order valence-electron chi connectivity index (χ1n) is 4.50. The Morgan fingerprint density at radius 2 is 1.93 bits per heavy atom. The van der Waals surface area contributed by atoms with Gasteiger partial charge in [0.25, 0.3) is 0 Å². The Hall–Kier alpha value is -2.10. The number of carbonyl (C=O) groups excluding carboxylic acids is 1. The third-order valence-corrected chi connectivity index (χ3v) is 2.02. The molecule has 0 aliphatic carbocycles. The molecule has 2 rings (SSSR count). The summed E-state index contributed by atoms with van der Waals surface area (Å²) in [6.45, 7) is 1.81. The highest BCUT2D eigenvalue weighted by Gasteiger charge is 2.05. The summed E-state index contributed by atoms with van der Waals surface area (Å²) < 4.78 is 0. The topological polar surface area (TPSA) is 55.7 Å². The van der Waals surface area contributed by atoms with Gasteiger partial charge in [0.1, 0.15) is 5.82 Å². The number of rotatable bonds is 2. The molecule has 2 aromatic rings. The smallest absolute Gasteiger partial charge is 0.152 e. The highest BCUT2D eigenvalue weighted by atomic mass is 16.1. The van der Waals surface area contributed by atoms with Crippen LogP contribution in [-0.2, 0) is 0 Å². The molecule has 0 amide bonds. The predicted molar refractivity (Wildman–Crippen MR) is 55.4 cm³/mol. The van der Waals surface area contributed by atoms with Crippen LogP contribution in [0, 0.1) is 6.92 Å². The maximum absolute atomic E-state index is 10.8. The molecule has 4 nitrogen and oxygen atoms in total. The van der Waals surface area contributed by atoms with E-state index in [4.69, 9.17) is 0 Å². The van der Waals surface area contributed by atoms with Crippen LogP contribution in [0.4, 0.5) is 0 Å². The van der Waals surface area contributed by atoms with Crippen molar-refractivity contribution in [3.05, 3.63) is 42.1 Å². The molecule has 0 saturated heterocycles. The molecule has 0 fully saturated rings. The molecule has 74 valence electrons. The van der Waals surface area contributed by atoms with Crippen molar-refractivity contribution in [1.29, 1.82) is 0 Å². The summed E-state index contributed by atoms with van der Waals surface area (Å²) in [7, 11) is 0. The summed E-state index contributed by atoms with van der Waals surface area (Å²) in [6.07, 6.45) is 5.75. The van der Waals surface area contributed by atoms with E-state index in [0.717, 1.165) is 11.8 Å². The number of aryl methyl sites for hydroxylation is 1. The molecule has 0 aliphatic rings. The van der Waals surface area contributed by atoms with Gasteiger partial charge in [-0.15, -0.1) is 0 Å². The SMILES string of the molecule is Cc1ncc(-c2ncccc2C=O)cn1. The Labute approximate surface area is 87.0 Å². The quantitative estimate of drug-likeness (QED) is 0.690. The summed E-state index contributed by atoms with van der Waals surface area (Å²) in [4.78, 5) is 23.1. The van der Waals surface area contributed by atoms with E-state index in [1.54, 1.807) is 30.7 Å². The summed E-state index contributed by atoms with van der Waals surface area (Å²) >= 11 is 0. The van der Waals surface area contributed by atoms with E-state index < -0.39 is 0 Å². The van der Waals surface area contributed by atoms with E-state index in [1.807, 2.05) is 6.92 Å². The number of aromatic nitrogens is 3. The zero-order valence-electron chi connectivity index (χ0n) is 8.21. The van der Waals surface area contributed by atoms with Gasteiger partial charge in [0.2, 0.25) is 0 Å². The number of hydrogen-bond acceptors (Lipinski definition) is 4. The van der Waals surface area contributed by atoms with Gasteiger partial charge in [-0.1, -0.05) is 0 Å². The van der Waals surface area contributed by atoms with Crippen molar-refractivity contribution in [1.82, 2.24) is 15.0 Å². The molecule has 2 aromatic heterocycles. The minimum absolute atomic E-state index is 0.546. The van der Waals surface area contributed by atoms with Crippen molar-refractivity contribution in [3.63, 3.8) is 0 Å². The van der Waals surface area contributed by atoms with Crippen LogP contribution in [0.5, 0.6) is 0 Å². The van der Waals surface area contributed by atoms with E-state index in [1.165, 1.54) is 0 Å². The molecule has 0 aromatic carbocycles. The molecular weight excluding hydrogens is 190 g/mol. The highest BCUT2D eigenvalue weighted by Crippen LogP contribution is 2.17. The van der Waals surface area contributed by atoms with Gasteiger partial charge < -0.3 is 0 Å². The van der Waals surface area contributed by atoms with Gasteiger partial charge in [0.15, 0.2) is 6.29 Å². The normalized spacial score (nSPS) is 9.93. The number of pyridine rings is 1. The Morgan fingerprint density at radius 3 is 2.60 bits per heavy atom. The molecule has 4 heteroatoms. The Balaban J connectivity index is 2.53. The van der Waals surface area contributed by atoms with Crippen LogP contribution in [0.25, 0.3) is 11.3 Å². The molecule has 0 unspecified atom stereocenters. The molecule has 0 N–H and O–H groups in total. The molecule has 0 saturated carbocycles. The lowest BCUT2D eigenvalue weighted by Gasteiger charge is -2.02. The molecule has 15 heavy (non-hydrogen) atoms. The fourth-order valence-electron chi connectivity index (χ4n) is 1.27. The molecule has 2 heterocycles. The first-order valence-corrected chi connectivity index (χ1v) is 4.50. The maximum atomic E-state index is 10.8. The van der Waals surface area contributed by atoms with Gasteiger partial charge in [-0.05, 0) is 19.1 Å². The van der Waals surface area contributed by atoms with Gasteiger partial charge in [-0.2, -0.15) is 0 Å². The second-order valence-electron chi connectivity index (χ2n) is 3.08. The monoisotopic (exact) mass is 199 g/mol. The van der Waals surface area contributed by atoms with Crippen LogP contribution < -0.4 is 0 Å². The number of nitrogens with zero attached hydrogens (tertiary/aromatic N) is 3. The highest BCUT2D eigenvalue weighted by molar-refractivity contribution is 5.85. The summed E-state index contributed by atoms with van der Waals surface area (Å²) in [5, 5.41) is 0. The molecule has 0 aliphatic heterocycles. The third kappa shape index (κ3) is 1.88. The largest absolute Gasteiger partial charge is 0.298 e. The van der Waals surface area contributed by atoms with Crippen molar-refractivity contribution in [2.24, 2.45) is 0 Å². The minimum atomic E-state index is 0.546. The van der Waals surface area contributed by atoms with Crippen molar-refractivity contribution in [3.8, 4) is 11.3 Å². The second-order valence-corrected chi connectivity index (χ2v) is 3.08. The van der Waals surface area contributed by atoms with Crippen molar-refractivity contribution >= 4 is 6.29 Å². The molecule has 0 spiro atoms. The minimum Gasteiger partial charge on any atom is -0.298 e. The Morgan fingerprint density at radius 1 is 1.20 bits per heavy atom. The molecule has 0 radical (unpaired) electrons. The van der Waals surface area contributed by atoms with E-state index in [9.17, 15) is 4.79 Å². The molecule has 0 bridgehead atoms. The summed E-state index contributed by atoms with van der Waals surface area (Å²) in [5.41, 5.74) is 1.92. The van der Waals surface area contributed by atoms with Crippen LogP contribution in [0.2, 0.25) is 0 Å². The molecular formula is C11H9N3O. The average molecular weight is 199 g/mol. The predicted octanol–water partition coefficient (Wildman–Crippen LogP) is 1.66. The zero-order chi connectivity index (χ0) is 10.7.